The van der Waals surface area contributed by atoms with Crippen LogP contribution in [0.3, 0.4) is 0 Å². The lowest BCUT2D eigenvalue weighted by molar-refractivity contribution is -0.922. The number of hydrogen-bond acceptors (Lipinski definition) is 4. The highest BCUT2D eigenvalue weighted by Crippen LogP contribution is 2.38. The Kier molecular flexibility index (Phi) is 4.59. The maximum absolute atomic E-state index is 12.7. The molecular weight excluding hydrogens is 346 g/mol. The first-order chi connectivity index (χ1) is 12.5. The number of piperidine rings is 1. The van der Waals surface area contributed by atoms with Crippen LogP contribution in [-0.4, -0.2) is 18.9 Å². The maximum Gasteiger partial charge on any atom is 0.232 e. The van der Waals surface area contributed by atoms with Crippen LogP contribution in [0.1, 0.15) is 46.1 Å². The summed E-state index contributed by atoms with van der Waals surface area (Å²) in [4.78, 5) is 15.2. The number of nitrogens with one attached hydrogen (secondary N) is 1. The van der Waals surface area contributed by atoms with Gasteiger partial charge in [-0.15, -0.1) is 11.3 Å². The fourth-order valence-electron chi connectivity index (χ4n) is 3.92. The zero-order valence-corrected chi connectivity index (χ0v) is 15.9. The maximum atomic E-state index is 12.7. The van der Waals surface area contributed by atoms with Crippen molar-refractivity contribution in [1.82, 2.24) is 0 Å². The molecule has 2 unspecified atom stereocenters. The summed E-state index contributed by atoms with van der Waals surface area (Å²) in [5, 5.41) is 14.5. The predicted molar refractivity (Wildman–Crippen MR) is 101 cm³/mol. The molecule has 4 nitrogen and oxygen atoms in total. The summed E-state index contributed by atoms with van der Waals surface area (Å²) in [5.74, 6) is 1.31. The number of aryl methyl sites for hydroxylation is 1. The Hall–Kier alpha value is -2.11. The highest BCUT2D eigenvalue weighted by molar-refractivity contribution is 7.11. The van der Waals surface area contributed by atoms with Crippen LogP contribution in [0.25, 0.3) is 6.08 Å². The van der Waals surface area contributed by atoms with Crippen molar-refractivity contribution in [1.29, 1.82) is 0 Å². The number of rotatable bonds is 3. The molecular formula is C21H23NO3S. The van der Waals surface area contributed by atoms with E-state index in [1.165, 1.54) is 23.8 Å². The molecule has 2 atom stereocenters. The summed E-state index contributed by atoms with van der Waals surface area (Å²) in [6, 6.07) is 5.15. The van der Waals surface area contributed by atoms with Crippen LogP contribution >= 0.6 is 11.3 Å². The summed E-state index contributed by atoms with van der Waals surface area (Å²) in [7, 11) is 0. The van der Waals surface area contributed by atoms with E-state index in [1.807, 2.05) is 18.4 Å². The molecule has 2 aromatic rings. The van der Waals surface area contributed by atoms with Crippen molar-refractivity contribution in [2.45, 2.75) is 33.2 Å². The summed E-state index contributed by atoms with van der Waals surface area (Å²) < 4.78 is 5.93. The first-order valence-corrected chi connectivity index (χ1v) is 10.1. The molecule has 1 aromatic carbocycles. The van der Waals surface area contributed by atoms with Gasteiger partial charge in [0.25, 0.3) is 0 Å². The molecule has 3 heterocycles. The summed E-state index contributed by atoms with van der Waals surface area (Å²) >= 11 is 1.58. The van der Waals surface area contributed by atoms with Crippen molar-refractivity contribution in [3.05, 3.63) is 50.9 Å². The van der Waals surface area contributed by atoms with E-state index in [-0.39, 0.29) is 11.5 Å². The lowest BCUT2D eigenvalue weighted by atomic mass is 9.99. The Morgan fingerprint density at radius 3 is 2.96 bits per heavy atom. The number of hydrogen-bond donors (Lipinski definition) is 1. The van der Waals surface area contributed by atoms with Crippen LogP contribution in [0.2, 0.25) is 0 Å². The summed E-state index contributed by atoms with van der Waals surface area (Å²) in [6.45, 7) is 7.03. The highest BCUT2D eigenvalue weighted by Gasteiger charge is 2.32. The van der Waals surface area contributed by atoms with Crippen molar-refractivity contribution < 1.29 is 19.5 Å². The lowest BCUT2D eigenvalue weighted by Gasteiger charge is -2.29. The minimum absolute atomic E-state index is 0.0316. The molecule has 1 saturated heterocycles. The van der Waals surface area contributed by atoms with E-state index in [1.54, 1.807) is 23.5 Å². The smallest absolute Gasteiger partial charge is 0.232 e. The quantitative estimate of drug-likeness (QED) is 0.846. The van der Waals surface area contributed by atoms with E-state index in [2.05, 4.69) is 6.92 Å². The largest absolute Gasteiger partial charge is 0.872 e. The van der Waals surface area contributed by atoms with E-state index >= 15 is 0 Å². The zero-order valence-electron chi connectivity index (χ0n) is 15.1. The van der Waals surface area contributed by atoms with Crippen molar-refractivity contribution in [3.8, 4) is 11.5 Å². The third kappa shape index (κ3) is 3.17. The van der Waals surface area contributed by atoms with Gasteiger partial charge in [0.1, 0.15) is 12.3 Å². The van der Waals surface area contributed by atoms with E-state index < -0.39 is 0 Å². The molecule has 2 aliphatic rings. The summed E-state index contributed by atoms with van der Waals surface area (Å²) in [5.41, 5.74) is 2.28. The molecule has 5 heteroatoms. The van der Waals surface area contributed by atoms with Crippen molar-refractivity contribution in [2.24, 2.45) is 5.92 Å². The monoisotopic (exact) mass is 369 g/mol. The van der Waals surface area contributed by atoms with Crippen molar-refractivity contribution in [3.63, 3.8) is 0 Å². The molecule has 1 fully saturated rings. The normalized spacial score (nSPS) is 23.9. The van der Waals surface area contributed by atoms with Crippen LogP contribution in [0.15, 0.2) is 29.3 Å². The van der Waals surface area contributed by atoms with Crippen molar-refractivity contribution in [2.75, 3.05) is 13.1 Å². The molecule has 26 heavy (non-hydrogen) atoms. The Bertz CT molecular complexity index is 883. The fourth-order valence-corrected chi connectivity index (χ4v) is 4.76. The number of Topliss-reactive ketones (excluding diaryl/α,β-unsaturated/α-hetero) is 1. The summed E-state index contributed by atoms with van der Waals surface area (Å²) in [6.07, 6.45) is 4.23. The molecule has 1 N–H and O–H groups in total. The molecule has 0 bridgehead atoms. The molecule has 4 rings (SSSR count). The Balaban J connectivity index is 1.65. The number of ketones is 1. The Labute approximate surface area is 157 Å². The highest BCUT2D eigenvalue weighted by atomic mass is 32.1. The van der Waals surface area contributed by atoms with Gasteiger partial charge in [-0.3, -0.25) is 4.79 Å². The van der Waals surface area contributed by atoms with E-state index in [0.29, 0.717) is 35.1 Å². The number of carbonyl (C=O) groups excluding carboxylic acids is 1. The number of thiophene rings is 1. The van der Waals surface area contributed by atoms with Crippen LogP contribution < -0.4 is 14.7 Å². The van der Waals surface area contributed by atoms with Gasteiger partial charge in [-0.2, -0.15) is 0 Å². The Morgan fingerprint density at radius 1 is 1.38 bits per heavy atom. The second-order valence-corrected chi connectivity index (χ2v) is 8.40. The van der Waals surface area contributed by atoms with E-state index in [4.69, 9.17) is 4.74 Å². The SMILES string of the molecule is Cc1ccsc1C=C1Oc2c(ccc([O-])c2C[NH+]2CCCC(C)C2)C1=O. The molecule has 0 amide bonds. The minimum atomic E-state index is -0.129. The molecule has 136 valence electrons. The second-order valence-electron chi connectivity index (χ2n) is 7.45. The Morgan fingerprint density at radius 2 is 2.23 bits per heavy atom. The van der Waals surface area contributed by atoms with Gasteiger partial charge in [-0.1, -0.05) is 18.7 Å². The van der Waals surface area contributed by atoms with E-state index in [9.17, 15) is 9.90 Å². The lowest BCUT2D eigenvalue weighted by Crippen LogP contribution is -3.12. The second kappa shape index (κ2) is 6.89. The minimum Gasteiger partial charge on any atom is -0.872 e. The number of carbonyl (C=O) groups is 1. The zero-order chi connectivity index (χ0) is 18.3. The fraction of sp³-hybridized carbons (Fsp3) is 0.381. The van der Waals surface area contributed by atoms with Gasteiger partial charge in [0, 0.05) is 22.4 Å². The number of allylic oxidation sites excluding steroid dienone is 1. The van der Waals surface area contributed by atoms with Gasteiger partial charge >= 0.3 is 0 Å². The molecule has 0 spiro atoms. The van der Waals surface area contributed by atoms with Gasteiger partial charge in [-0.05, 0) is 42.8 Å². The van der Waals surface area contributed by atoms with Crippen LogP contribution in [-0.2, 0) is 6.54 Å². The predicted octanol–water partition coefficient (Wildman–Crippen LogP) is 2.56. The average Bonchev–Trinajstić information content (AvgIpc) is 3.15. The molecule has 1 aromatic heterocycles. The van der Waals surface area contributed by atoms with E-state index in [0.717, 1.165) is 23.5 Å². The number of likely N-dealkylation sites (tertiary alicyclic amines) is 1. The number of benzene rings is 1. The standard InChI is InChI=1S/C21H23NO3S/c1-13-4-3-8-22(11-13)12-16-17(23)6-5-15-20(24)18(25-21(15)16)10-19-14(2)7-9-26-19/h5-7,9-10,13,23H,3-4,8,11-12H2,1-2H3. The average molecular weight is 369 g/mol. The first-order valence-electron chi connectivity index (χ1n) is 9.17. The number of fused-ring (bicyclic) bond motifs is 1. The molecule has 0 radical (unpaired) electrons. The molecule has 0 aliphatic carbocycles. The van der Waals surface area contributed by atoms with Crippen LogP contribution in [0, 0.1) is 12.8 Å². The van der Waals surface area contributed by atoms with Gasteiger partial charge in [0.15, 0.2) is 5.76 Å². The van der Waals surface area contributed by atoms with Crippen LogP contribution in [0.5, 0.6) is 11.5 Å². The van der Waals surface area contributed by atoms with Crippen LogP contribution in [0.4, 0.5) is 0 Å². The third-order valence-electron chi connectivity index (χ3n) is 5.35. The van der Waals surface area contributed by atoms with Gasteiger partial charge in [0.2, 0.25) is 5.78 Å². The molecule has 0 saturated carbocycles. The topological polar surface area (TPSA) is 53.8 Å². The van der Waals surface area contributed by atoms with Gasteiger partial charge in [-0.25, -0.2) is 0 Å². The van der Waals surface area contributed by atoms with Gasteiger partial charge in [0.05, 0.1) is 18.7 Å². The van der Waals surface area contributed by atoms with Gasteiger partial charge < -0.3 is 14.7 Å². The van der Waals surface area contributed by atoms with Crippen molar-refractivity contribution >= 4 is 23.2 Å². The molecule has 2 aliphatic heterocycles. The first kappa shape index (κ1) is 17.3. The third-order valence-corrected chi connectivity index (χ3v) is 6.32. The number of ether oxygens (including phenoxy) is 1. The number of quaternary nitrogens is 1.